The molecule has 12 heavy (non-hydrogen) atoms. The van der Waals surface area contributed by atoms with Gasteiger partial charge in [-0.05, 0) is 27.2 Å². The molecule has 0 bridgehead atoms. The van der Waals surface area contributed by atoms with Crippen LogP contribution >= 0.6 is 0 Å². The van der Waals surface area contributed by atoms with E-state index < -0.39 is 0 Å². The highest BCUT2D eigenvalue weighted by Crippen LogP contribution is 2.08. The van der Waals surface area contributed by atoms with Gasteiger partial charge in [0.15, 0.2) is 0 Å². The molecule has 0 aromatic rings. The van der Waals surface area contributed by atoms with Crippen LogP contribution in [0.15, 0.2) is 0 Å². The summed E-state index contributed by atoms with van der Waals surface area (Å²) in [5.41, 5.74) is 0. The number of amides is 1. The number of hydrogen-bond donors (Lipinski definition) is 1. The standard InChI is InChI=1S/C9H18N2O/c1-7(2)11-6-4-5-10-9(12)8(11)3/h7-8H,4-6H2,1-3H3,(H,10,12)/t8-/m1/s1. The van der Waals surface area contributed by atoms with Crippen LogP contribution in [0.3, 0.4) is 0 Å². The largest absolute Gasteiger partial charge is 0.355 e. The lowest BCUT2D eigenvalue weighted by molar-refractivity contribution is -0.125. The summed E-state index contributed by atoms with van der Waals surface area (Å²) in [5, 5.41) is 2.90. The van der Waals surface area contributed by atoms with Crippen LogP contribution in [0.4, 0.5) is 0 Å². The number of carbonyl (C=O) groups is 1. The second-order valence-electron chi connectivity index (χ2n) is 3.65. The van der Waals surface area contributed by atoms with Gasteiger partial charge in [0, 0.05) is 19.1 Å². The minimum atomic E-state index is 0.0347. The van der Waals surface area contributed by atoms with E-state index in [1.54, 1.807) is 0 Å². The smallest absolute Gasteiger partial charge is 0.237 e. The molecule has 0 spiro atoms. The van der Waals surface area contributed by atoms with Crippen LogP contribution in [0.25, 0.3) is 0 Å². The molecule has 1 atom stereocenters. The van der Waals surface area contributed by atoms with E-state index in [0.29, 0.717) is 6.04 Å². The number of hydrogen-bond acceptors (Lipinski definition) is 2. The van der Waals surface area contributed by atoms with Crippen LogP contribution in [0.2, 0.25) is 0 Å². The molecule has 0 unspecified atom stereocenters. The fourth-order valence-corrected chi connectivity index (χ4v) is 1.67. The van der Waals surface area contributed by atoms with Crippen LogP contribution in [0, 0.1) is 0 Å². The fourth-order valence-electron chi connectivity index (χ4n) is 1.67. The van der Waals surface area contributed by atoms with Gasteiger partial charge in [-0.2, -0.15) is 0 Å². The maximum Gasteiger partial charge on any atom is 0.237 e. The summed E-state index contributed by atoms with van der Waals surface area (Å²) in [6.07, 6.45) is 1.06. The molecule has 1 fully saturated rings. The summed E-state index contributed by atoms with van der Waals surface area (Å²) < 4.78 is 0. The summed E-state index contributed by atoms with van der Waals surface area (Å²) in [6, 6.07) is 0.497. The fraction of sp³-hybridized carbons (Fsp3) is 0.889. The van der Waals surface area contributed by atoms with E-state index in [9.17, 15) is 4.79 Å². The third-order valence-electron chi connectivity index (χ3n) is 2.43. The maximum absolute atomic E-state index is 11.4. The van der Waals surface area contributed by atoms with Gasteiger partial charge in [-0.25, -0.2) is 0 Å². The molecule has 1 saturated heterocycles. The summed E-state index contributed by atoms with van der Waals surface area (Å²) >= 11 is 0. The van der Waals surface area contributed by atoms with Gasteiger partial charge in [0.2, 0.25) is 5.91 Å². The maximum atomic E-state index is 11.4. The van der Waals surface area contributed by atoms with Crippen molar-refractivity contribution in [3.63, 3.8) is 0 Å². The van der Waals surface area contributed by atoms with Crippen LogP contribution < -0.4 is 5.32 Å². The monoisotopic (exact) mass is 170 g/mol. The molecule has 0 radical (unpaired) electrons. The van der Waals surface area contributed by atoms with E-state index in [-0.39, 0.29) is 11.9 Å². The second-order valence-corrected chi connectivity index (χ2v) is 3.65. The number of nitrogens with zero attached hydrogens (tertiary/aromatic N) is 1. The minimum absolute atomic E-state index is 0.0347. The highest BCUT2D eigenvalue weighted by atomic mass is 16.2. The van der Waals surface area contributed by atoms with Crippen molar-refractivity contribution in [1.82, 2.24) is 10.2 Å². The molecule has 1 amide bonds. The van der Waals surface area contributed by atoms with Crippen LogP contribution in [0.5, 0.6) is 0 Å². The van der Waals surface area contributed by atoms with Gasteiger partial charge >= 0.3 is 0 Å². The first-order chi connectivity index (χ1) is 5.63. The Labute approximate surface area is 74.1 Å². The zero-order valence-electron chi connectivity index (χ0n) is 8.13. The predicted molar refractivity (Wildman–Crippen MR) is 48.9 cm³/mol. The van der Waals surface area contributed by atoms with Gasteiger partial charge in [0.25, 0.3) is 0 Å². The lowest BCUT2D eigenvalue weighted by Gasteiger charge is -2.28. The topological polar surface area (TPSA) is 32.3 Å². The first kappa shape index (κ1) is 9.52. The zero-order chi connectivity index (χ0) is 9.14. The van der Waals surface area contributed by atoms with Crippen molar-refractivity contribution in [3.05, 3.63) is 0 Å². The molecule has 70 valence electrons. The van der Waals surface area contributed by atoms with Crippen molar-refractivity contribution < 1.29 is 4.79 Å². The summed E-state index contributed by atoms with van der Waals surface area (Å²) in [4.78, 5) is 13.6. The number of carbonyl (C=O) groups excluding carboxylic acids is 1. The van der Waals surface area contributed by atoms with Crippen molar-refractivity contribution in [2.45, 2.75) is 39.3 Å². The number of rotatable bonds is 1. The van der Waals surface area contributed by atoms with Crippen molar-refractivity contribution in [1.29, 1.82) is 0 Å². The normalized spacial score (nSPS) is 27.0. The van der Waals surface area contributed by atoms with Crippen molar-refractivity contribution >= 4 is 5.91 Å². The van der Waals surface area contributed by atoms with E-state index in [2.05, 4.69) is 24.1 Å². The molecule has 3 nitrogen and oxygen atoms in total. The Morgan fingerprint density at radius 3 is 2.83 bits per heavy atom. The van der Waals surface area contributed by atoms with Crippen LogP contribution in [-0.4, -0.2) is 36.0 Å². The molecule has 1 heterocycles. The molecule has 0 saturated carbocycles. The predicted octanol–water partition coefficient (Wildman–Crippen LogP) is 0.605. The Balaban J connectivity index is 2.64. The van der Waals surface area contributed by atoms with Gasteiger partial charge in [-0.15, -0.1) is 0 Å². The van der Waals surface area contributed by atoms with Gasteiger partial charge < -0.3 is 5.32 Å². The molecule has 0 aromatic carbocycles. The Kier molecular flexibility index (Phi) is 3.09. The molecule has 0 aliphatic carbocycles. The Morgan fingerprint density at radius 2 is 2.25 bits per heavy atom. The average Bonchev–Trinajstić information content (AvgIpc) is 2.15. The van der Waals surface area contributed by atoms with Gasteiger partial charge in [0.05, 0.1) is 6.04 Å². The molecule has 1 aliphatic heterocycles. The van der Waals surface area contributed by atoms with Crippen LogP contribution in [0.1, 0.15) is 27.2 Å². The Hall–Kier alpha value is -0.570. The van der Waals surface area contributed by atoms with Crippen molar-refractivity contribution in [2.24, 2.45) is 0 Å². The van der Waals surface area contributed by atoms with E-state index >= 15 is 0 Å². The average molecular weight is 170 g/mol. The lowest BCUT2D eigenvalue weighted by atomic mass is 10.2. The SMILES string of the molecule is CC(C)N1CCCNC(=O)[C@H]1C. The van der Waals surface area contributed by atoms with E-state index in [1.165, 1.54) is 0 Å². The second kappa shape index (κ2) is 3.90. The zero-order valence-corrected chi connectivity index (χ0v) is 8.13. The summed E-state index contributed by atoms with van der Waals surface area (Å²) in [5.74, 6) is 0.168. The van der Waals surface area contributed by atoms with Crippen LogP contribution in [-0.2, 0) is 4.79 Å². The molecular formula is C9H18N2O. The first-order valence-corrected chi connectivity index (χ1v) is 4.66. The minimum Gasteiger partial charge on any atom is -0.355 e. The quantitative estimate of drug-likeness (QED) is 0.625. The van der Waals surface area contributed by atoms with E-state index in [4.69, 9.17) is 0 Å². The molecular weight excluding hydrogens is 152 g/mol. The van der Waals surface area contributed by atoms with E-state index in [0.717, 1.165) is 19.5 Å². The Bertz CT molecular complexity index is 168. The number of nitrogens with one attached hydrogen (secondary N) is 1. The van der Waals surface area contributed by atoms with Crippen molar-refractivity contribution in [3.8, 4) is 0 Å². The lowest BCUT2D eigenvalue weighted by Crippen LogP contribution is -2.45. The molecule has 1 N–H and O–H groups in total. The van der Waals surface area contributed by atoms with Gasteiger partial charge in [-0.3, -0.25) is 9.69 Å². The third-order valence-corrected chi connectivity index (χ3v) is 2.43. The highest BCUT2D eigenvalue weighted by Gasteiger charge is 2.24. The molecule has 0 aromatic heterocycles. The van der Waals surface area contributed by atoms with Crippen molar-refractivity contribution in [2.75, 3.05) is 13.1 Å². The van der Waals surface area contributed by atoms with Gasteiger partial charge in [-0.1, -0.05) is 0 Å². The Morgan fingerprint density at radius 1 is 1.58 bits per heavy atom. The molecule has 1 rings (SSSR count). The molecule has 3 heteroatoms. The highest BCUT2D eigenvalue weighted by molar-refractivity contribution is 5.81. The molecule has 1 aliphatic rings. The van der Waals surface area contributed by atoms with E-state index in [1.807, 2.05) is 6.92 Å². The summed E-state index contributed by atoms with van der Waals surface area (Å²) in [6.45, 7) is 8.09. The summed E-state index contributed by atoms with van der Waals surface area (Å²) in [7, 11) is 0. The first-order valence-electron chi connectivity index (χ1n) is 4.66. The van der Waals surface area contributed by atoms with Gasteiger partial charge in [0.1, 0.15) is 0 Å². The third kappa shape index (κ3) is 1.97.